The topological polar surface area (TPSA) is 36.4 Å². The van der Waals surface area contributed by atoms with Crippen molar-refractivity contribution in [2.24, 2.45) is 5.92 Å². The van der Waals surface area contributed by atoms with Gasteiger partial charge in [-0.2, -0.15) is 0 Å². The van der Waals surface area contributed by atoms with Gasteiger partial charge in [-0.25, -0.2) is 4.98 Å². The molecule has 0 bridgehead atoms. The van der Waals surface area contributed by atoms with Crippen molar-refractivity contribution in [3.63, 3.8) is 0 Å². The number of hydrogen-bond donors (Lipinski definition) is 1. The highest BCUT2D eigenvalue weighted by Crippen LogP contribution is 2.29. The number of hydrogen-bond acceptors (Lipinski definition) is 3. The zero-order valence-electron chi connectivity index (χ0n) is 9.65. The molecule has 2 atom stereocenters. The third kappa shape index (κ3) is 2.23. The van der Waals surface area contributed by atoms with Gasteiger partial charge in [0.15, 0.2) is 0 Å². The number of pyridine rings is 1. The molecule has 1 aromatic rings. The molecule has 1 fully saturated rings. The summed E-state index contributed by atoms with van der Waals surface area (Å²) < 4.78 is 1.04. The van der Waals surface area contributed by atoms with Crippen LogP contribution in [0.3, 0.4) is 0 Å². The van der Waals surface area contributed by atoms with Crippen LogP contribution in [0.4, 0.5) is 5.82 Å². The number of aliphatic hydroxyl groups is 1. The predicted octanol–water partition coefficient (Wildman–Crippen LogP) is 2.36. The maximum Gasteiger partial charge on any atom is 0.143 e. The van der Waals surface area contributed by atoms with Gasteiger partial charge in [-0.15, -0.1) is 0 Å². The summed E-state index contributed by atoms with van der Waals surface area (Å²) in [6, 6.07) is 1.98. The van der Waals surface area contributed by atoms with Gasteiger partial charge in [-0.3, -0.25) is 0 Å². The van der Waals surface area contributed by atoms with E-state index in [0.717, 1.165) is 23.3 Å². The van der Waals surface area contributed by atoms with Crippen LogP contribution in [0.5, 0.6) is 0 Å². The first-order chi connectivity index (χ1) is 7.59. The second kappa shape index (κ2) is 4.72. The Morgan fingerprint density at radius 1 is 1.56 bits per heavy atom. The molecule has 1 aromatic heterocycles. The first-order valence-electron chi connectivity index (χ1n) is 5.63. The molecule has 0 saturated carbocycles. The van der Waals surface area contributed by atoms with Crippen molar-refractivity contribution >= 4 is 21.7 Å². The van der Waals surface area contributed by atoms with Gasteiger partial charge in [0.2, 0.25) is 0 Å². The van der Waals surface area contributed by atoms with Crippen molar-refractivity contribution in [1.29, 1.82) is 0 Å². The first-order valence-corrected chi connectivity index (χ1v) is 6.43. The Bertz CT molecular complexity index is 383. The maximum absolute atomic E-state index is 9.88. The van der Waals surface area contributed by atoms with Crippen molar-refractivity contribution < 1.29 is 5.11 Å². The molecule has 1 N–H and O–H groups in total. The molecular formula is C12H17BrN2O. The molecule has 0 aliphatic carbocycles. The van der Waals surface area contributed by atoms with Crippen LogP contribution in [0, 0.1) is 12.8 Å². The lowest BCUT2D eigenvalue weighted by Crippen LogP contribution is -2.43. The summed E-state index contributed by atoms with van der Waals surface area (Å²) in [5.74, 6) is 1.34. The zero-order valence-corrected chi connectivity index (χ0v) is 11.2. The summed E-state index contributed by atoms with van der Waals surface area (Å²) in [7, 11) is 0. The van der Waals surface area contributed by atoms with Crippen molar-refractivity contribution in [2.75, 3.05) is 18.0 Å². The van der Waals surface area contributed by atoms with Crippen molar-refractivity contribution in [3.05, 3.63) is 22.3 Å². The molecule has 4 heteroatoms. The van der Waals surface area contributed by atoms with Crippen LogP contribution in [0.15, 0.2) is 16.7 Å². The van der Waals surface area contributed by atoms with E-state index in [1.54, 1.807) is 0 Å². The van der Waals surface area contributed by atoms with Gasteiger partial charge in [0.05, 0.1) is 10.6 Å². The molecule has 2 heterocycles. The molecule has 16 heavy (non-hydrogen) atoms. The van der Waals surface area contributed by atoms with Crippen LogP contribution in [-0.2, 0) is 0 Å². The third-order valence-corrected chi connectivity index (χ3v) is 4.26. The van der Waals surface area contributed by atoms with E-state index in [1.165, 1.54) is 5.56 Å². The fraction of sp³-hybridized carbons (Fsp3) is 0.583. The Hall–Kier alpha value is -0.610. The van der Waals surface area contributed by atoms with E-state index < -0.39 is 0 Å². The van der Waals surface area contributed by atoms with Gasteiger partial charge in [-0.1, -0.05) is 6.92 Å². The van der Waals surface area contributed by atoms with Crippen LogP contribution < -0.4 is 4.90 Å². The number of aromatic nitrogens is 1. The smallest absolute Gasteiger partial charge is 0.143 e. The van der Waals surface area contributed by atoms with Gasteiger partial charge in [0.1, 0.15) is 5.82 Å². The number of nitrogens with zero attached hydrogens (tertiary/aromatic N) is 2. The lowest BCUT2D eigenvalue weighted by atomic mass is 9.96. The lowest BCUT2D eigenvalue weighted by molar-refractivity contribution is 0.102. The quantitative estimate of drug-likeness (QED) is 0.860. The largest absolute Gasteiger partial charge is 0.391 e. The third-order valence-electron chi connectivity index (χ3n) is 3.28. The number of aryl methyl sites for hydroxylation is 1. The van der Waals surface area contributed by atoms with Crippen molar-refractivity contribution in [1.82, 2.24) is 4.98 Å². The van der Waals surface area contributed by atoms with Crippen molar-refractivity contribution in [3.8, 4) is 0 Å². The van der Waals surface area contributed by atoms with Crippen LogP contribution in [0.2, 0.25) is 0 Å². The average molecular weight is 285 g/mol. The Kier molecular flexibility index (Phi) is 3.50. The molecule has 0 aromatic carbocycles. The second-order valence-corrected chi connectivity index (χ2v) is 5.34. The van der Waals surface area contributed by atoms with E-state index >= 15 is 0 Å². The molecule has 88 valence electrons. The van der Waals surface area contributed by atoms with Crippen LogP contribution in [0.25, 0.3) is 0 Å². The van der Waals surface area contributed by atoms with Crippen LogP contribution >= 0.6 is 15.9 Å². The Balaban J connectivity index is 2.22. The SMILES string of the molecule is Cc1ccnc(N2CCC(C)C(O)C2)c1Br. The summed E-state index contributed by atoms with van der Waals surface area (Å²) >= 11 is 3.56. The number of anilines is 1. The standard InChI is InChI=1S/C12H17BrN2O/c1-8-4-6-15(7-10(8)16)12-11(13)9(2)3-5-14-12/h3,5,8,10,16H,4,6-7H2,1-2H3. The van der Waals surface area contributed by atoms with Gasteiger partial charge >= 0.3 is 0 Å². The molecule has 1 saturated heterocycles. The second-order valence-electron chi connectivity index (χ2n) is 4.54. The molecule has 3 nitrogen and oxygen atoms in total. The fourth-order valence-electron chi connectivity index (χ4n) is 1.99. The zero-order chi connectivity index (χ0) is 11.7. The first kappa shape index (κ1) is 11.9. The molecule has 2 rings (SSSR count). The van der Waals surface area contributed by atoms with Gasteiger partial charge in [0.25, 0.3) is 0 Å². The number of aliphatic hydroxyl groups excluding tert-OH is 1. The van der Waals surface area contributed by atoms with Crippen molar-refractivity contribution in [2.45, 2.75) is 26.4 Å². The molecule has 0 spiro atoms. The van der Waals surface area contributed by atoms with E-state index in [9.17, 15) is 5.11 Å². The minimum atomic E-state index is -0.247. The van der Waals surface area contributed by atoms with Gasteiger partial charge in [0, 0.05) is 19.3 Å². The highest BCUT2D eigenvalue weighted by atomic mass is 79.9. The van der Waals surface area contributed by atoms with Gasteiger partial charge in [-0.05, 0) is 46.8 Å². The predicted molar refractivity (Wildman–Crippen MR) is 68.7 cm³/mol. The summed E-state index contributed by atoms with van der Waals surface area (Å²) in [6.45, 7) is 5.79. The Labute approximate surface area is 105 Å². The highest BCUT2D eigenvalue weighted by molar-refractivity contribution is 9.10. The lowest BCUT2D eigenvalue weighted by Gasteiger charge is -2.35. The Morgan fingerprint density at radius 2 is 2.31 bits per heavy atom. The molecular weight excluding hydrogens is 268 g/mol. The maximum atomic E-state index is 9.88. The molecule has 0 radical (unpaired) electrons. The van der Waals surface area contributed by atoms with E-state index in [2.05, 4.69) is 39.7 Å². The number of halogens is 1. The Morgan fingerprint density at radius 3 is 3.00 bits per heavy atom. The normalized spacial score (nSPS) is 25.9. The average Bonchev–Trinajstić information content (AvgIpc) is 2.26. The van der Waals surface area contributed by atoms with Crippen LogP contribution in [0.1, 0.15) is 18.9 Å². The molecule has 0 amide bonds. The van der Waals surface area contributed by atoms with E-state index in [1.807, 2.05) is 12.3 Å². The molecule has 1 aliphatic rings. The highest BCUT2D eigenvalue weighted by Gasteiger charge is 2.26. The monoisotopic (exact) mass is 284 g/mol. The number of rotatable bonds is 1. The van der Waals surface area contributed by atoms with E-state index in [4.69, 9.17) is 0 Å². The number of piperidine rings is 1. The van der Waals surface area contributed by atoms with E-state index in [-0.39, 0.29) is 6.10 Å². The minimum absolute atomic E-state index is 0.247. The fourth-order valence-corrected chi connectivity index (χ4v) is 2.47. The van der Waals surface area contributed by atoms with Gasteiger partial charge < -0.3 is 10.0 Å². The summed E-state index contributed by atoms with van der Waals surface area (Å²) in [6.07, 6.45) is 2.59. The van der Waals surface area contributed by atoms with Crippen LogP contribution in [-0.4, -0.2) is 29.3 Å². The summed E-state index contributed by atoms with van der Waals surface area (Å²) in [4.78, 5) is 6.54. The summed E-state index contributed by atoms with van der Waals surface area (Å²) in [5, 5.41) is 9.88. The minimum Gasteiger partial charge on any atom is -0.391 e. The summed E-state index contributed by atoms with van der Waals surface area (Å²) in [5.41, 5.74) is 1.18. The van der Waals surface area contributed by atoms with E-state index in [0.29, 0.717) is 12.5 Å². The molecule has 2 unspecified atom stereocenters. The number of β-amino-alcohol motifs (C(OH)–C–C–N with tert-alkyl or cyclic N) is 1. The molecule has 1 aliphatic heterocycles.